The number of nitrogens with zero attached hydrogens (tertiary/aromatic N) is 4. The van der Waals surface area contributed by atoms with E-state index in [9.17, 15) is 14.3 Å². The smallest absolute Gasteiger partial charge is 0.318 e. The Morgan fingerprint density at radius 2 is 2.05 bits per heavy atom. The summed E-state index contributed by atoms with van der Waals surface area (Å²) in [6.45, 7) is 3.03. The molecule has 4 aromatic rings. The molecule has 2 fully saturated rings. The molecule has 6 rings (SSSR count). The number of phenolic OH excluding ortho intramolecular Hbond substituents is 1. The molecule has 2 aliphatic heterocycles. The fourth-order valence-corrected chi connectivity index (χ4v) is 5.72. The van der Waals surface area contributed by atoms with Gasteiger partial charge in [-0.1, -0.05) is 13.0 Å². The molecule has 0 aliphatic carbocycles. The molecular weight excluding hydrogens is 480 g/mol. The van der Waals surface area contributed by atoms with E-state index < -0.39 is 11.6 Å². The first kappa shape index (κ1) is 23.3. The number of hydrogen-bond acceptors (Lipinski definition) is 7. The molecule has 1 amide bonds. The van der Waals surface area contributed by atoms with E-state index in [2.05, 4.69) is 20.3 Å². The average molecular weight is 506 g/mol. The molecule has 2 N–H and O–H groups in total. The molecule has 10 heteroatoms. The summed E-state index contributed by atoms with van der Waals surface area (Å²) >= 11 is 0. The Bertz CT molecular complexity index is 1580. The summed E-state index contributed by atoms with van der Waals surface area (Å²) in [7, 11) is 1.41. The number of halogens is 2. The monoisotopic (exact) mass is 505 g/mol. The minimum absolute atomic E-state index is 0.00289. The van der Waals surface area contributed by atoms with Crippen LogP contribution >= 0.6 is 0 Å². The Kier molecular flexibility index (Phi) is 5.36. The van der Waals surface area contributed by atoms with E-state index >= 15 is 4.39 Å². The molecule has 2 aliphatic rings. The topological polar surface area (TPSA) is 100 Å². The van der Waals surface area contributed by atoms with Crippen LogP contribution in [0, 0.1) is 11.6 Å². The number of β-lactam (4-membered cyclic amide) rings is 1. The summed E-state index contributed by atoms with van der Waals surface area (Å²) in [6, 6.07) is 5.81. The zero-order chi connectivity index (χ0) is 25.9. The summed E-state index contributed by atoms with van der Waals surface area (Å²) in [5.74, 6) is -0.718. The van der Waals surface area contributed by atoms with Crippen molar-refractivity contribution in [2.24, 2.45) is 0 Å². The van der Waals surface area contributed by atoms with Crippen molar-refractivity contribution >= 4 is 33.4 Å². The number of phenols is 1. The number of ether oxygens (including phenoxy) is 1. The van der Waals surface area contributed by atoms with Crippen LogP contribution in [0.15, 0.2) is 30.5 Å². The highest BCUT2D eigenvalue weighted by atomic mass is 19.1. The Hall–Kier alpha value is -4.08. The number of hydrogen-bond donors (Lipinski definition) is 2. The van der Waals surface area contributed by atoms with Gasteiger partial charge in [0.1, 0.15) is 28.6 Å². The fraction of sp³-hybridized carbons (Fsp3) is 0.333. The van der Waals surface area contributed by atoms with Gasteiger partial charge in [0.15, 0.2) is 5.82 Å². The van der Waals surface area contributed by atoms with Crippen LogP contribution in [0.5, 0.6) is 11.8 Å². The Balaban J connectivity index is 1.55. The first-order valence-electron chi connectivity index (χ1n) is 12.2. The van der Waals surface area contributed by atoms with Gasteiger partial charge in [-0.05, 0) is 53.8 Å². The second-order valence-electron chi connectivity index (χ2n) is 9.72. The molecule has 0 bridgehead atoms. The van der Waals surface area contributed by atoms with E-state index in [4.69, 9.17) is 4.74 Å². The van der Waals surface area contributed by atoms with Gasteiger partial charge in [0.2, 0.25) is 5.91 Å². The summed E-state index contributed by atoms with van der Waals surface area (Å²) in [5.41, 5.74) is 0.332. The summed E-state index contributed by atoms with van der Waals surface area (Å²) < 4.78 is 36.2. The largest absolute Gasteiger partial charge is 0.508 e. The lowest BCUT2D eigenvalue weighted by Gasteiger charge is -2.49. The van der Waals surface area contributed by atoms with Crippen molar-refractivity contribution in [1.82, 2.24) is 20.3 Å². The van der Waals surface area contributed by atoms with Gasteiger partial charge >= 0.3 is 6.01 Å². The number of carbonyl (C=O) groups is 1. The predicted octanol–water partition coefficient (Wildman–Crippen LogP) is 4.26. The molecule has 0 saturated carbocycles. The van der Waals surface area contributed by atoms with E-state index in [1.165, 1.54) is 31.5 Å². The molecule has 1 spiro atoms. The number of benzene rings is 2. The zero-order valence-electron chi connectivity index (χ0n) is 20.4. The summed E-state index contributed by atoms with van der Waals surface area (Å²) in [5, 5.41) is 14.9. The number of aromatic hydroxyl groups is 1. The van der Waals surface area contributed by atoms with Crippen molar-refractivity contribution in [3.8, 4) is 23.0 Å². The number of rotatable bonds is 4. The van der Waals surface area contributed by atoms with Gasteiger partial charge in [0, 0.05) is 24.8 Å². The first-order valence-corrected chi connectivity index (χ1v) is 12.2. The number of methoxy groups -OCH3 is 1. The lowest BCUT2D eigenvalue weighted by atomic mass is 9.80. The van der Waals surface area contributed by atoms with Crippen molar-refractivity contribution in [3.05, 3.63) is 47.7 Å². The van der Waals surface area contributed by atoms with E-state index in [0.29, 0.717) is 53.5 Å². The summed E-state index contributed by atoms with van der Waals surface area (Å²) in [4.78, 5) is 26.9. The lowest BCUT2D eigenvalue weighted by molar-refractivity contribution is -0.133. The van der Waals surface area contributed by atoms with Crippen LogP contribution in [0.2, 0.25) is 0 Å². The number of aromatic nitrogens is 3. The Morgan fingerprint density at radius 3 is 2.78 bits per heavy atom. The highest BCUT2D eigenvalue weighted by molar-refractivity contribution is 6.01. The van der Waals surface area contributed by atoms with Crippen molar-refractivity contribution in [1.29, 1.82) is 0 Å². The number of carbonyl (C=O) groups excluding carboxylic acids is 1. The molecule has 190 valence electrons. The van der Waals surface area contributed by atoms with E-state index in [1.54, 1.807) is 6.07 Å². The van der Waals surface area contributed by atoms with Crippen LogP contribution in [-0.4, -0.2) is 51.7 Å². The highest BCUT2D eigenvalue weighted by Crippen LogP contribution is 2.40. The van der Waals surface area contributed by atoms with Crippen LogP contribution in [-0.2, 0) is 11.2 Å². The third-order valence-corrected chi connectivity index (χ3v) is 7.37. The fourth-order valence-electron chi connectivity index (χ4n) is 5.72. The standard InChI is InChI=1S/C27H25F2N5O3/c1-3-16-19(28)6-5-14-9-15(35)10-17(21(14)16)23-22(29)24-18(12-30-23)25(32-26(31-24)37-2)34-8-4-7-27(13-34)11-20(36)33-27/h5-6,9-10,12,35H,3-4,7-8,11,13H2,1-2H3,(H,33,36). The first-order chi connectivity index (χ1) is 17.8. The Morgan fingerprint density at radius 1 is 1.24 bits per heavy atom. The molecule has 4 heterocycles. The Labute approximate surface area is 211 Å². The number of pyridine rings is 1. The highest BCUT2D eigenvalue weighted by Gasteiger charge is 2.46. The lowest BCUT2D eigenvalue weighted by Crippen LogP contribution is -2.68. The molecule has 2 aromatic heterocycles. The third kappa shape index (κ3) is 3.70. The van der Waals surface area contributed by atoms with Gasteiger partial charge in [0.25, 0.3) is 0 Å². The van der Waals surface area contributed by atoms with Gasteiger partial charge < -0.3 is 20.1 Å². The van der Waals surface area contributed by atoms with Crippen LogP contribution < -0.4 is 15.0 Å². The normalized spacial score (nSPS) is 19.4. The third-order valence-electron chi connectivity index (χ3n) is 7.37. The van der Waals surface area contributed by atoms with Crippen LogP contribution in [0.4, 0.5) is 14.6 Å². The number of nitrogens with one attached hydrogen (secondary N) is 1. The SMILES string of the molecule is CCc1c(F)ccc2cc(O)cc(-c3ncc4c(N5CCCC6(CC(=O)N6)C5)nc(OC)nc4c3F)c12. The molecule has 8 nitrogen and oxygen atoms in total. The molecular formula is C27H25F2N5O3. The van der Waals surface area contributed by atoms with E-state index in [1.807, 2.05) is 11.8 Å². The van der Waals surface area contributed by atoms with Gasteiger partial charge in [-0.15, -0.1) is 0 Å². The second-order valence-corrected chi connectivity index (χ2v) is 9.72. The number of amides is 1. The predicted molar refractivity (Wildman–Crippen MR) is 135 cm³/mol. The van der Waals surface area contributed by atoms with Gasteiger partial charge in [0.05, 0.1) is 24.5 Å². The zero-order valence-corrected chi connectivity index (χ0v) is 20.4. The number of fused-ring (bicyclic) bond motifs is 2. The van der Waals surface area contributed by atoms with Gasteiger partial charge in [-0.3, -0.25) is 9.78 Å². The quantitative estimate of drug-likeness (QED) is 0.400. The van der Waals surface area contributed by atoms with Crippen molar-refractivity contribution in [2.75, 3.05) is 25.1 Å². The maximum absolute atomic E-state index is 16.2. The molecule has 37 heavy (non-hydrogen) atoms. The number of aryl methyl sites for hydroxylation is 1. The minimum atomic E-state index is -0.721. The molecule has 2 aromatic carbocycles. The minimum Gasteiger partial charge on any atom is -0.508 e. The van der Waals surface area contributed by atoms with Crippen molar-refractivity contribution < 1.29 is 23.4 Å². The number of piperidine rings is 1. The average Bonchev–Trinajstić information content (AvgIpc) is 2.87. The van der Waals surface area contributed by atoms with Crippen molar-refractivity contribution in [2.45, 2.75) is 38.1 Å². The van der Waals surface area contributed by atoms with Gasteiger partial charge in [-0.2, -0.15) is 9.97 Å². The van der Waals surface area contributed by atoms with Crippen molar-refractivity contribution in [3.63, 3.8) is 0 Å². The van der Waals surface area contributed by atoms with Crippen LogP contribution in [0.3, 0.4) is 0 Å². The molecule has 1 unspecified atom stereocenters. The summed E-state index contributed by atoms with van der Waals surface area (Å²) in [6.07, 6.45) is 4.03. The maximum Gasteiger partial charge on any atom is 0.318 e. The second kappa shape index (κ2) is 8.50. The molecule has 1 atom stereocenters. The van der Waals surface area contributed by atoms with E-state index in [-0.39, 0.29) is 40.0 Å². The number of anilines is 1. The molecule has 2 saturated heterocycles. The van der Waals surface area contributed by atoms with Gasteiger partial charge in [-0.25, -0.2) is 8.78 Å². The molecule has 0 radical (unpaired) electrons. The van der Waals surface area contributed by atoms with Crippen LogP contribution in [0.25, 0.3) is 32.9 Å². The van der Waals surface area contributed by atoms with E-state index in [0.717, 1.165) is 12.8 Å². The van der Waals surface area contributed by atoms with Crippen LogP contribution in [0.1, 0.15) is 31.7 Å². The maximum atomic E-state index is 16.2.